The fourth-order valence-electron chi connectivity index (χ4n) is 2.02. The molecule has 0 aromatic heterocycles. The quantitative estimate of drug-likeness (QED) is 0.451. The number of hydrogen-bond donors (Lipinski definition) is 1. The van der Waals surface area contributed by atoms with Gasteiger partial charge in [0.2, 0.25) is 5.91 Å². The Balaban J connectivity index is 3.13. The van der Waals surface area contributed by atoms with Gasteiger partial charge in [0.05, 0.1) is 4.92 Å². The normalized spacial score (nSPS) is 12.6. The highest BCUT2D eigenvalue weighted by molar-refractivity contribution is 5.73. The van der Waals surface area contributed by atoms with Gasteiger partial charge in [-0.3, -0.25) is 24.5 Å². The van der Waals surface area contributed by atoms with Crippen LogP contribution in [0.4, 0.5) is 5.69 Å². The minimum atomic E-state index is -0.966. The van der Waals surface area contributed by atoms with E-state index in [4.69, 9.17) is 9.47 Å². The van der Waals surface area contributed by atoms with E-state index in [9.17, 15) is 24.5 Å². The number of nitro benzene ring substituents is 1. The highest BCUT2D eigenvalue weighted by Gasteiger charge is 2.28. The van der Waals surface area contributed by atoms with E-state index < -0.39 is 34.9 Å². The minimum Gasteiger partial charge on any atom is -0.464 e. The molecule has 0 bridgehead atoms. The van der Waals surface area contributed by atoms with Crippen molar-refractivity contribution in [3.8, 4) is 0 Å². The maximum absolute atomic E-state index is 11.4. The third-order valence-electron chi connectivity index (χ3n) is 2.95. The maximum Gasteiger partial charge on any atom is 0.303 e. The molecule has 130 valence electrons. The van der Waals surface area contributed by atoms with Crippen LogP contribution in [-0.2, 0) is 23.9 Å². The Hall–Kier alpha value is -2.97. The Morgan fingerprint density at radius 2 is 1.71 bits per heavy atom. The van der Waals surface area contributed by atoms with E-state index in [0.717, 1.165) is 0 Å². The molecule has 1 aromatic rings. The van der Waals surface area contributed by atoms with Crippen molar-refractivity contribution in [1.29, 1.82) is 0 Å². The van der Waals surface area contributed by atoms with E-state index in [1.165, 1.54) is 45.0 Å². The number of esters is 2. The lowest BCUT2D eigenvalue weighted by molar-refractivity contribution is -0.384. The Morgan fingerprint density at radius 1 is 1.12 bits per heavy atom. The summed E-state index contributed by atoms with van der Waals surface area (Å²) < 4.78 is 10.1. The molecule has 1 rings (SSSR count). The summed E-state index contributed by atoms with van der Waals surface area (Å²) in [6, 6.07) is 4.49. The first-order chi connectivity index (χ1) is 11.2. The van der Waals surface area contributed by atoms with Crippen LogP contribution in [0.15, 0.2) is 24.3 Å². The van der Waals surface area contributed by atoms with Crippen molar-refractivity contribution < 1.29 is 28.8 Å². The molecule has 1 N–H and O–H groups in total. The third kappa shape index (κ3) is 6.03. The second kappa shape index (κ2) is 8.61. The van der Waals surface area contributed by atoms with Crippen LogP contribution in [0.5, 0.6) is 0 Å². The lowest BCUT2D eigenvalue weighted by Crippen LogP contribution is -2.43. The van der Waals surface area contributed by atoms with Crippen LogP contribution in [0.1, 0.15) is 32.4 Å². The zero-order chi connectivity index (χ0) is 18.3. The number of non-ortho nitro benzene ring substituents is 1. The number of carbonyl (C=O) groups is 3. The Morgan fingerprint density at radius 3 is 2.12 bits per heavy atom. The van der Waals surface area contributed by atoms with Gasteiger partial charge >= 0.3 is 11.9 Å². The summed E-state index contributed by atoms with van der Waals surface area (Å²) in [5, 5.41) is 13.3. The van der Waals surface area contributed by atoms with E-state index in [1.54, 1.807) is 0 Å². The molecule has 1 amide bonds. The van der Waals surface area contributed by atoms with Crippen LogP contribution in [0.25, 0.3) is 0 Å². The first-order valence-electron chi connectivity index (χ1n) is 7.02. The van der Waals surface area contributed by atoms with E-state index in [2.05, 4.69) is 5.32 Å². The fraction of sp³-hybridized carbons (Fsp3) is 0.400. The number of ether oxygens (including phenoxy) is 2. The number of amides is 1. The van der Waals surface area contributed by atoms with Crippen molar-refractivity contribution in [3.05, 3.63) is 39.9 Å². The van der Waals surface area contributed by atoms with Gasteiger partial charge in [-0.1, -0.05) is 0 Å². The van der Waals surface area contributed by atoms with E-state index in [1.807, 2.05) is 0 Å². The number of nitro groups is 1. The number of hydrogen-bond acceptors (Lipinski definition) is 7. The molecule has 2 atom stereocenters. The predicted molar refractivity (Wildman–Crippen MR) is 81.8 cm³/mol. The summed E-state index contributed by atoms with van der Waals surface area (Å²) >= 11 is 0. The van der Waals surface area contributed by atoms with Crippen LogP contribution < -0.4 is 5.32 Å². The summed E-state index contributed by atoms with van der Waals surface area (Å²) in [6.45, 7) is 3.44. The molecule has 0 aliphatic carbocycles. The molecule has 2 unspecified atom stereocenters. The molecule has 0 heterocycles. The second-order valence-corrected chi connectivity index (χ2v) is 4.99. The van der Waals surface area contributed by atoms with Gasteiger partial charge in [0, 0.05) is 32.9 Å². The van der Waals surface area contributed by atoms with E-state index >= 15 is 0 Å². The largest absolute Gasteiger partial charge is 0.464 e. The average Bonchev–Trinajstić information content (AvgIpc) is 2.48. The van der Waals surface area contributed by atoms with Gasteiger partial charge in [0.15, 0.2) is 6.10 Å². The van der Waals surface area contributed by atoms with Gasteiger partial charge in [0.1, 0.15) is 12.6 Å². The van der Waals surface area contributed by atoms with Gasteiger partial charge in [0.25, 0.3) is 5.69 Å². The monoisotopic (exact) mass is 338 g/mol. The van der Waals surface area contributed by atoms with Crippen LogP contribution in [0, 0.1) is 10.1 Å². The fourth-order valence-corrected chi connectivity index (χ4v) is 2.02. The Labute approximate surface area is 138 Å². The van der Waals surface area contributed by atoms with Gasteiger partial charge in [-0.25, -0.2) is 0 Å². The van der Waals surface area contributed by atoms with Crippen LogP contribution in [0.3, 0.4) is 0 Å². The number of benzene rings is 1. The minimum absolute atomic E-state index is 0.128. The first-order valence-corrected chi connectivity index (χ1v) is 7.02. The number of nitrogens with zero attached hydrogens (tertiary/aromatic N) is 1. The molecule has 9 nitrogen and oxygen atoms in total. The third-order valence-corrected chi connectivity index (χ3v) is 2.95. The van der Waals surface area contributed by atoms with E-state index in [-0.39, 0.29) is 12.3 Å². The molecule has 0 radical (unpaired) electrons. The lowest BCUT2D eigenvalue weighted by Gasteiger charge is -2.27. The molecule has 0 saturated heterocycles. The van der Waals surface area contributed by atoms with Crippen molar-refractivity contribution in [3.63, 3.8) is 0 Å². The zero-order valence-electron chi connectivity index (χ0n) is 13.5. The van der Waals surface area contributed by atoms with Gasteiger partial charge in [-0.15, -0.1) is 0 Å². The topological polar surface area (TPSA) is 125 Å². The molecule has 1 aromatic carbocycles. The Kier molecular flexibility index (Phi) is 6.84. The number of rotatable bonds is 7. The average molecular weight is 338 g/mol. The highest BCUT2D eigenvalue weighted by atomic mass is 16.6. The van der Waals surface area contributed by atoms with Crippen molar-refractivity contribution in [1.82, 2.24) is 5.32 Å². The van der Waals surface area contributed by atoms with Gasteiger partial charge < -0.3 is 14.8 Å². The summed E-state index contributed by atoms with van der Waals surface area (Å²) in [5.41, 5.74) is 0.290. The smallest absolute Gasteiger partial charge is 0.303 e. The molecule has 0 aliphatic heterocycles. The maximum atomic E-state index is 11.4. The zero-order valence-corrected chi connectivity index (χ0v) is 13.5. The molecule has 0 aliphatic rings. The van der Waals surface area contributed by atoms with Gasteiger partial charge in [-0.05, 0) is 17.7 Å². The van der Waals surface area contributed by atoms with Crippen LogP contribution in [0.2, 0.25) is 0 Å². The SMILES string of the molecule is CC(=O)NC(COC(C)=O)C(OC(C)=O)c1ccc([N+](=O)[O-])cc1. The number of nitrogens with one attached hydrogen (secondary N) is 1. The Bertz CT molecular complexity index is 627. The summed E-state index contributed by atoms with van der Waals surface area (Å²) in [6.07, 6.45) is -0.966. The first kappa shape index (κ1) is 19.1. The summed E-state index contributed by atoms with van der Waals surface area (Å²) in [7, 11) is 0. The highest BCUT2D eigenvalue weighted by Crippen LogP contribution is 2.24. The lowest BCUT2D eigenvalue weighted by atomic mass is 10.0. The van der Waals surface area contributed by atoms with Crippen molar-refractivity contribution in [2.24, 2.45) is 0 Å². The van der Waals surface area contributed by atoms with Crippen molar-refractivity contribution >= 4 is 23.5 Å². The van der Waals surface area contributed by atoms with Crippen molar-refractivity contribution in [2.45, 2.75) is 32.9 Å². The van der Waals surface area contributed by atoms with E-state index in [0.29, 0.717) is 5.56 Å². The van der Waals surface area contributed by atoms with Crippen molar-refractivity contribution in [2.75, 3.05) is 6.61 Å². The molecule has 0 saturated carbocycles. The molecular weight excluding hydrogens is 320 g/mol. The summed E-state index contributed by atoms with van der Waals surface area (Å²) in [4.78, 5) is 43.9. The summed E-state index contributed by atoms with van der Waals surface area (Å²) in [5.74, 6) is -1.58. The van der Waals surface area contributed by atoms with Gasteiger partial charge in [-0.2, -0.15) is 0 Å². The molecule has 0 spiro atoms. The van der Waals surface area contributed by atoms with Crippen LogP contribution >= 0.6 is 0 Å². The second-order valence-electron chi connectivity index (χ2n) is 4.99. The van der Waals surface area contributed by atoms with Crippen LogP contribution in [-0.4, -0.2) is 35.4 Å². The molecule has 0 fully saturated rings. The predicted octanol–water partition coefficient (Wildman–Crippen LogP) is 1.27. The molecule has 24 heavy (non-hydrogen) atoms. The molecule has 9 heteroatoms. The molecular formula is C15H18N2O7. The standard InChI is InChI=1S/C15H18N2O7/c1-9(18)16-14(8-23-10(2)19)15(24-11(3)20)12-4-6-13(7-5-12)17(21)22/h4-7,14-15H,8H2,1-3H3,(H,16,18). The number of carbonyl (C=O) groups excluding carboxylic acids is 3.